The fourth-order valence-electron chi connectivity index (χ4n) is 3.22. The van der Waals surface area contributed by atoms with Crippen LogP contribution in [0.15, 0.2) is 48.5 Å². The molecule has 0 saturated carbocycles. The van der Waals surface area contributed by atoms with Crippen LogP contribution >= 0.6 is 0 Å². The molecule has 0 spiro atoms. The van der Waals surface area contributed by atoms with Gasteiger partial charge in [0, 0.05) is 24.7 Å². The summed E-state index contributed by atoms with van der Waals surface area (Å²) >= 11 is 0. The summed E-state index contributed by atoms with van der Waals surface area (Å²) in [4.78, 5) is 2.12. The Hall–Kier alpha value is -2.59. The van der Waals surface area contributed by atoms with E-state index in [9.17, 15) is 5.11 Å². The third-order valence-electron chi connectivity index (χ3n) is 4.47. The molecule has 0 amide bonds. The first-order chi connectivity index (χ1) is 12.0. The van der Waals surface area contributed by atoms with Gasteiger partial charge in [0.15, 0.2) is 0 Å². The number of phenolic OH excluding ortho intramolecular Hbond substituents is 1. The van der Waals surface area contributed by atoms with Crippen molar-refractivity contribution >= 4 is 0 Å². The predicted molar refractivity (Wildman–Crippen MR) is 103 cm³/mol. The van der Waals surface area contributed by atoms with Crippen molar-refractivity contribution in [3.63, 3.8) is 0 Å². The van der Waals surface area contributed by atoms with Gasteiger partial charge in [0.2, 0.25) is 0 Å². The van der Waals surface area contributed by atoms with E-state index in [-0.39, 0.29) is 0 Å². The highest BCUT2D eigenvalue weighted by atomic mass is 16.3. The third kappa shape index (κ3) is 3.59. The maximum Gasteiger partial charge on any atom is 0.118 e. The Morgan fingerprint density at radius 1 is 1.04 bits per heavy atom. The molecule has 0 aliphatic carbocycles. The van der Waals surface area contributed by atoms with Crippen LogP contribution in [0.25, 0.3) is 22.4 Å². The topological polar surface area (TPSA) is 41.3 Å². The second-order valence-corrected chi connectivity index (χ2v) is 6.70. The van der Waals surface area contributed by atoms with E-state index < -0.39 is 0 Å². The molecule has 0 saturated heterocycles. The van der Waals surface area contributed by atoms with E-state index in [1.807, 2.05) is 57.0 Å². The number of aromatic hydroxyl groups is 1. The molecule has 1 heterocycles. The molecule has 3 rings (SSSR count). The summed E-state index contributed by atoms with van der Waals surface area (Å²) < 4.78 is 1.93. The number of benzene rings is 2. The second-order valence-electron chi connectivity index (χ2n) is 6.70. The molecule has 1 N–H and O–H groups in total. The highest BCUT2D eigenvalue weighted by molar-refractivity contribution is 5.83. The summed E-state index contributed by atoms with van der Waals surface area (Å²) in [7, 11) is 6.05. The Morgan fingerprint density at radius 3 is 2.44 bits per heavy atom. The van der Waals surface area contributed by atoms with Crippen molar-refractivity contribution in [1.29, 1.82) is 0 Å². The van der Waals surface area contributed by atoms with Crippen molar-refractivity contribution < 1.29 is 5.11 Å². The standard InChI is InChI=1S/C21H25N3O/c1-15-20(16-8-6-5-7-9-16)21(24(4)22-15)18-10-11-19(25)17(14-18)12-13-23(2)3/h5-11,14,25H,12-13H2,1-4H3. The summed E-state index contributed by atoms with van der Waals surface area (Å²) in [5.41, 5.74) is 6.43. The van der Waals surface area contributed by atoms with E-state index in [1.54, 1.807) is 6.07 Å². The van der Waals surface area contributed by atoms with Crippen molar-refractivity contribution in [2.45, 2.75) is 13.3 Å². The van der Waals surface area contributed by atoms with Crippen molar-refractivity contribution in [3.05, 3.63) is 59.8 Å². The van der Waals surface area contributed by atoms with E-state index in [4.69, 9.17) is 0 Å². The van der Waals surface area contributed by atoms with Gasteiger partial charge in [-0.1, -0.05) is 30.3 Å². The van der Waals surface area contributed by atoms with Crippen LogP contribution in [0, 0.1) is 6.92 Å². The molecule has 4 nitrogen and oxygen atoms in total. The summed E-state index contributed by atoms with van der Waals surface area (Å²) in [6, 6.07) is 16.2. The number of aromatic nitrogens is 2. The third-order valence-corrected chi connectivity index (χ3v) is 4.47. The van der Waals surface area contributed by atoms with E-state index in [2.05, 4.69) is 28.2 Å². The number of nitrogens with zero attached hydrogens (tertiary/aromatic N) is 3. The fraction of sp³-hybridized carbons (Fsp3) is 0.286. The van der Waals surface area contributed by atoms with Gasteiger partial charge in [0.25, 0.3) is 0 Å². The lowest BCUT2D eigenvalue weighted by atomic mass is 9.97. The summed E-state index contributed by atoms with van der Waals surface area (Å²) in [6.45, 7) is 2.94. The molecule has 0 atom stereocenters. The lowest BCUT2D eigenvalue weighted by Crippen LogP contribution is -2.15. The van der Waals surface area contributed by atoms with Crippen LogP contribution in [0.4, 0.5) is 0 Å². The fourth-order valence-corrected chi connectivity index (χ4v) is 3.22. The van der Waals surface area contributed by atoms with Crippen LogP contribution in [-0.2, 0) is 13.5 Å². The second kappa shape index (κ2) is 7.11. The molecule has 0 aliphatic rings. The van der Waals surface area contributed by atoms with Crippen molar-refractivity contribution in [3.8, 4) is 28.1 Å². The van der Waals surface area contributed by atoms with Crippen LogP contribution in [-0.4, -0.2) is 40.4 Å². The highest BCUT2D eigenvalue weighted by Gasteiger charge is 2.17. The Bertz CT molecular complexity index is 866. The first kappa shape index (κ1) is 17.2. The van der Waals surface area contributed by atoms with Gasteiger partial charge < -0.3 is 10.0 Å². The highest BCUT2D eigenvalue weighted by Crippen LogP contribution is 2.36. The predicted octanol–water partition coefficient (Wildman–Crippen LogP) is 3.87. The average molecular weight is 335 g/mol. The SMILES string of the molecule is Cc1nn(C)c(-c2ccc(O)c(CCN(C)C)c2)c1-c1ccccc1. The monoisotopic (exact) mass is 335 g/mol. The lowest BCUT2D eigenvalue weighted by Gasteiger charge is -2.13. The van der Waals surface area contributed by atoms with Gasteiger partial charge >= 0.3 is 0 Å². The molecule has 0 radical (unpaired) electrons. The smallest absolute Gasteiger partial charge is 0.118 e. The lowest BCUT2D eigenvalue weighted by molar-refractivity contribution is 0.406. The van der Waals surface area contributed by atoms with Crippen LogP contribution in [0.5, 0.6) is 5.75 Å². The number of phenols is 1. The maximum atomic E-state index is 10.2. The van der Waals surface area contributed by atoms with Gasteiger partial charge in [-0.15, -0.1) is 0 Å². The number of rotatable bonds is 5. The zero-order chi connectivity index (χ0) is 18.0. The summed E-state index contributed by atoms with van der Waals surface area (Å²) in [5.74, 6) is 0.353. The van der Waals surface area contributed by atoms with Crippen LogP contribution in [0.1, 0.15) is 11.3 Å². The average Bonchev–Trinajstić information content (AvgIpc) is 2.89. The quantitative estimate of drug-likeness (QED) is 0.769. The number of aryl methyl sites for hydroxylation is 2. The van der Waals surface area contributed by atoms with Gasteiger partial charge in [-0.25, -0.2) is 0 Å². The number of hydrogen-bond donors (Lipinski definition) is 1. The van der Waals surface area contributed by atoms with Gasteiger partial charge in [-0.3, -0.25) is 4.68 Å². The molecule has 3 aromatic rings. The number of hydrogen-bond acceptors (Lipinski definition) is 3. The molecule has 0 bridgehead atoms. The van der Waals surface area contributed by atoms with Gasteiger partial charge in [0.1, 0.15) is 5.75 Å². The minimum Gasteiger partial charge on any atom is -0.508 e. The largest absolute Gasteiger partial charge is 0.508 e. The Balaban J connectivity index is 2.10. The molecule has 25 heavy (non-hydrogen) atoms. The molecule has 0 aliphatic heterocycles. The molecule has 4 heteroatoms. The van der Waals surface area contributed by atoms with Crippen LogP contribution in [0.2, 0.25) is 0 Å². The molecular weight excluding hydrogens is 310 g/mol. The zero-order valence-electron chi connectivity index (χ0n) is 15.3. The van der Waals surface area contributed by atoms with E-state index in [0.717, 1.165) is 46.6 Å². The van der Waals surface area contributed by atoms with Gasteiger partial charge in [0.05, 0.1) is 11.4 Å². The van der Waals surface area contributed by atoms with E-state index >= 15 is 0 Å². The van der Waals surface area contributed by atoms with Crippen molar-refractivity contribution in [1.82, 2.24) is 14.7 Å². The van der Waals surface area contributed by atoms with Gasteiger partial charge in [-0.05, 0) is 56.8 Å². The molecular formula is C21H25N3O. The first-order valence-corrected chi connectivity index (χ1v) is 8.53. The minimum absolute atomic E-state index is 0.353. The van der Waals surface area contributed by atoms with E-state index in [0.29, 0.717) is 5.75 Å². The van der Waals surface area contributed by atoms with E-state index in [1.165, 1.54) is 0 Å². The normalized spacial score (nSPS) is 11.2. The summed E-state index contributed by atoms with van der Waals surface area (Å²) in [5, 5.41) is 14.9. The summed E-state index contributed by atoms with van der Waals surface area (Å²) in [6.07, 6.45) is 0.810. The molecule has 1 aromatic heterocycles. The Kier molecular flexibility index (Phi) is 4.91. The molecule has 0 unspecified atom stereocenters. The molecule has 130 valence electrons. The van der Waals surface area contributed by atoms with Crippen molar-refractivity contribution in [2.75, 3.05) is 20.6 Å². The van der Waals surface area contributed by atoms with Gasteiger partial charge in [-0.2, -0.15) is 5.10 Å². The molecule has 0 fully saturated rings. The zero-order valence-corrected chi connectivity index (χ0v) is 15.3. The molecule has 2 aromatic carbocycles. The number of likely N-dealkylation sites (N-methyl/N-ethyl adjacent to an activating group) is 1. The Labute approximate surface area is 149 Å². The Morgan fingerprint density at radius 2 is 1.76 bits per heavy atom. The first-order valence-electron chi connectivity index (χ1n) is 8.53. The van der Waals surface area contributed by atoms with Crippen LogP contribution < -0.4 is 0 Å². The maximum absolute atomic E-state index is 10.2. The van der Waals surface area contributed by atoms with Crippen molar-refractivity contribution in [2.24, 2.45) is 7.05 Å². The van der Waals surface area contributed by atoms with Crippen LogP contribution in [0.3, 0.4) is 0 Å². The minimum atomic E-state index is 0.353.